The molecule has 15 heavy (non-hydrogen) atoms. The molecule has 2 atom stereocenters. The van der Waals surface area contributed by atoms with Gasteiger partial charge in [-0.1, -0.05) is 6.92 Å². The summed E-state index contributed by atoms with van der Waals surface area (Å²) in [5.41, 5.74) is -0.354. The fourth-order valence-electron chi connectivity index (χ4n) is 1.97. The lowest BCUT2D eigenvalue weighted by Crippen LogP contribution is -2.37. The maximum atomic E-state index is 11.6. The van der Waals surface area contributed by atoms with Crippen molar-refractivity contribution < 1.29 is 9.53 Å². The first-order valence-corrected chi connectivity index (χ1v) is 5.81. The highest BCUT2D eigenvalue weighted by Gasteiger charge is 2.26. The molecule has 0 saturated carbocycles. The van der Waals surface area contributed by atoms with Crippen LogP contribution in [0.15, 0.2) is 0 Å². The van der Waals surface area contributed by atoms with E-state index in [0.717, 1.165) is 19.5 Å². The summed E-state index contributed by atoms with van der Waals surface area (Å²) in [5.74, 6) is 1.01. The van der Waals surface area contributed by atoms with Crippen molar-refractivity contribution >= 4 is 5.97 Å². The van der Waals surface area contributed by atoms with Gasteiger partial charge in [-0.15, -0.1) is 0 Å². The topological polar surface area (TPSA) is 38.3 Å². The van der Waals surface area contributed by atoms with Gasteiger partial charge in [0.05, 0.1) is 0 Å². The highest BCUT2D eigenvalue weighted by atomic mass is 16.6. The third-order valence-electron chi connectivity index (χ3n) is 2.81. The van der Waals surface area contributed by atoms with Gasteiger partial charge in [-0.25, -0.2) is 0 Å². The molecule has 1 rings (SSSR count). The number of hydrogen-bond donors (Lipinski definition) is 1. The number of carbonyl (C=O) groups excluding carboxylic acids is 1. The van der Waals surface area contributed by atoms with Gasteiger partial charge in [-0.05, 0) is 52.1 Å². The van der Waals surface area contributed by atoms with Crippen molar-refractivity contribution in [3.63, 3.8) is 0 Å². The van der Waals surface area contributed by atoms with E-state index < -0.39 is 0 Å². The first-order chi connectivity index (χ1) is 6.88. The van der Waals surface area contributed by atoms with Gasteiger partial charge in [0, 0.05) is 6.42 Å². The quantitative estimate of drug-likeness (QED) is 0.713. The summed E-state index contributed by atoms with van der Waals surface area (Å²) >= 11 is 0. The van der Waals surface area contributed by atoms with Crippen molar-refractivity contribution in [3.05, 3.63) is 0 Å². The molecule has 88 valence electrons. The van der Waals surface area contributed by atoms with Crippen molar-refractivity contribution in [2.45, 2.75) is 46.1 Å². The molecule has 0 aliphatic carbocycles. The fraction of sp³-hybridized carbons (Fsp3) is 0.917. The Bertz CT molecular complexity index is 220. The van der Waals surface area contributed by atoms with Crippen LogP contribution in [0.25, 0.3) is 0 Å². The van der Waals surface area contributed by atoms with Crippen LogP contribution in [-0.2, 0) is 9.53 Å². The SMILES string of the molecule is C[C@H]1CNCC[C@@H]1CC(=O)OC(C)(C)C. The molecule has 0 bridgehead atoms. The van der Waals surface area contributed by atoms with Crippen molar-refractivity contribution in [2.24, 2.45) is 11.8 Å². The van der Waals surface area contributed by atoms with Crippen molar-refractivity contribution in [1.29, 1.82) is 0 Å². The van der Waals surface area contributed by atoms with Crippen LogP contribution in [-0.4, -0.2) is 24.7 Å². The molecule has 1 aliphatic rings. The summed E-state index contributed by atoms with van der Waals surface area (Å²) in [4.78, 5) is 11.6. The first-order valence-electron chi connectivity index (χ1n) is 5.81. The molecule has 0 aromatic heterocycles. The molecule has 3 heteroatoms. The van der Waals surface area contributed by atoms with Gasteiger partial charge in [-0.3, -0.25) is 4.79 Å². The number of rotatable bonds is 2. The van der Waals surface area contributed by atoms with E-state index in [9.17, 15) is 4.79 Å². The maximum absolute atomic E-state index is 11.6. The van der Waals surface area contributed by atoms with E-state index in [2.05, 4.69) is 12.2 Å². The summed E-state index contributed by atoms with van der Waals surface area (Å²) in [6.45, 7) is 9.98. The lowest BCUT2D eigenvalue weighted by atomic mass is 9.85. The zero-order valence-corrected chi connectivity index (χ0v) is 10.3. The minimum atomic E-state index is -0.354. The van der Waals surface area contributed by atoms with Gasteiger partial charge in [-0.2, -0.15) is 0 Å². The van der Waals surface area contributed by atoms with Crippen molar-refractivity contribution in [2.75, 3.05) is 13.1 Å². The summed E-state index contributed by atoms with van der Waals surface area (Å²) < 4.78 is 5.33. The van der Waals surface area contributed by atoms with E-state index >= 15 is 0 Å². The molecule has 0 amide bonds. The molecule has 3 nitrogen and oxygen atoms in total. The number of esters is 1. The Balaban J connectivity index is 2.36. The molecule has 0 unspecified atom stereocenters. The van der Waals surface area contributed by atoms with Crippen molar-refractivity contribution in [1.82, 2.24) is 5.32 Å². The van der Waals surface area contributed by atoms with E-state index in [1.165, 1.54) is 0 Å². The number of carbonyl (C=O) groups is 1. The Morgan fingerprint density at radius 3 is 2.67 bits per heavy atom. The van der Waals surface area contributed by atoms with Crippen molar-refractivity contribution in [3.8, 4) is 0 Å². The highest BCUT2D eigenvalue weighted by Crippen LogP contribution is 2.23. The Labute approximate surface area is 92.6 Å². The summed E-state index contributed by atoms with van der Waals surface area (Å²) in [6, 6.07) is 0. The predicted molar refractivity (Wildman–Crippen MR) is 60.6 cm³/mol. The lowest BCUT2D eigenvalue weighted by molar-refractivity contribution is -0.156. The molecule has 1 N–H and O–H groups in total. The Morgan fingerprint density at radius 2 is 2.13 bits per heavy atom. The van der Waals surface area contributed by atoms with E-state index in [1.54, 1.807) is 0 Å². The van der Waals surface area contributed by atoms with Crippen LogP contribution in [0, 0.1) is 11.8 Å². The summed E-state index contributed by atoms with van der Waals surface area (Å²) in [7, 11) is 0. The molecule has 1 fully saturated rings. The van der Waals surface area contributed by atoms with Gasteiger partial charge in [0.25, 0.3) is 0 Å². The smallest absolute Gasteiger partial charge is 0.306 e. The molecule has 0 radical (unpaired) electrons. The zero-order chi connectivity index (χ0) is 11.5. The van der Waals surface area contributed by atoms with Gasteiger partial charge < -0.3 is 10.1 Å². The number of piperidine rings is 1. The largest absolute Gasteiger partial charge is 0.460 e. The second-order valence-corrected chi connectivity index (χ2v) is 5.52. The second-order valence-electron chi connectivity index (χ2n) is 5.52. The van der Waals surface area contributed by atoms with E-state index in [1.807, 2.05) is 20.8 Å². The lowest BCUT2D eigenvalue weighted by Gasteiger charge is -2.29. The van der Waals surface area contributed by atoms with Gasteiger partial charge in [0.2, 0.25) is 0 Å². The van der Waals surface area contributed by atoms with Gasteiger partial charge in [0.1, 0.15) is 5.60 Å². The Kier molecular flexibility index (Phi) is 4.14. The molecule has 1 saturated heterocycles. The Morgan fingerprint density at radius 1 is 1.47 bits per heavy atom. The fourth-order valence-corrected chi connectivity index (χ4v) is 1.97. The zero-order valence-electron chi connectivity index (χ0n) is 10.3. The minimum absolute atomic E-state index is 0.0544. The first kappa shape index (κ1) is 12.5. The number of nitrogens with one attached hydrogen (secondary N) is 1. The number of ether oxygens (including phenoxy) is 1. The summed E-state index contributed by atoms with van der Waals surface area (Å²) in [5, 5.41) is 3.33. The second kappa shape index (κ2) is 4.97. The third kappa shape index (κ3) is 4.65. The third-order valence-corrected chi connectivity index (χ3v) is 2.81. The normalized spacial score (nSPS) is 27.5. The predicted octanol–water partition coefficient (Wildman–Crippen LogP) is 1.96. The molecule has 0 aromatic carbocycles. The average molecular weight is 213 g/mol. The Hall–Kier alpha value is -0.570. The van der Waals surface area contributed by atoms with Crippen LogP contribution in [0.4, 0.5) is 0 Å². The molecule has 1 aliphatic heterocycles. The van der Waals surface area contributed by atoms with Gasteiger partial charge >= 0.3 is 5.97 Å². The van der Waals surface area contributed by atoms with Crippen LogP contribution < -0.4 is 5.32 Å². The van der Waals surface area contributed by atoms with E-state index in [-0.39, 0.29) is 11.6 Å². The van der Waals surface area contributed by atoms with Crippen LogP contribution >= 0.6 is 0 Å². The molecule has 1 heterocycles. The molecular formula is C12H23NO2. The van der Waals surface area contributed by atoms with Crippen LogP contribution in [0.5, 0.6) is 0 Å². The average Bonchev–Trinajstić information content (AvgIpc) is 2.05. The van der Waals surface area contributed by atoms with E-state index in [0.29, 0.717) is 18.3 Å². The summed E-state index contributed by atoms with van der Waals surface area (Å²) in [6.07, 6.45) is 1.65. The van der Waals surface area contributed by atoms with Crippen LogP contribution in [0.1, 0.15) is 40.5 Å². The highest BCUT2D eigenvalue weighted by molar-refractivity contribution is 5.70. The van der Waals surface area contributed by atoms with Gasteiger partial charge in [0.15, 0.2) is 0 Å². The maximum Gasteiger partial charge on any atom is 0.306 e. The monoisotopic (exact) mass is 213 g/mol. The van der Waals surface area contributed by atoms with E-state index in [4.69, 9.17) is 4.74 Å². The standard InChI is InChI=1S/C12H23NO2/c1-9-8-13-6-5-10(9)7-11(14)15-12(2,3)4/h9-10,13H,5-8H2,1-4H3/t9-,10+/m0/s1. The van der Waals surface area contributed by atoms with Crippen LogP contribution in [0.2, 0.25) is 0 Å². The minimum Gasteiger partial charge on any atom is -0.460 e. The molecule has 0 spiro atoms. The molecular weight excluding hydrogens is 190 g/mol. The molecule has 0 aromatic rings. The van der Waals surface area contributed by atoms with Crippen LogP contribution in [0.3, 0.4) is 0 Å². The number of hydrogen-bond acceptors (Lipinski definition) is 3.